The molecular weight excluding hydrogens is 204 g/mol. The van der Waals surface area contributed by atoms with Crippen molar-refractivity contribution >= 4 is 15.9 Å². The zero-order valence-electron chi connectivity index (χ0n) is 7.90. The van der Waals surface area contributed by atoms with Crippen LogP contribution in [-0.4, -0.2) is 20.6 Å². The van der Waals surface area contributed by atoms with E-state index in [2.05, 4.69) is 9.44 Å². The molecule has 0 saturated carbocycles. The van der Waals surface area contributed by atoms with Crippen LogP contribution in [0.3, 0.4) is 0 Å². The minimum Gasteiger partial charge on any atom is -0.508 e. The molecular formula is C8H12N2O3S. The molecule has 0 amide bonds. The Morgan fingerprint density at radius 2 is 2.00 bits per heavy atom. The van der Waals surface area contributed by atoms with Gasteiger partial charge in [-0.15, -0.1) is 0 Å². The van der Waals surface area contributed by atoms with E-state index in [1.54, 1.807) is 19.1 Å². The molecule has 0 fully saturated rings. The van der Waals surface area contributed by atoms with Crippen molar-refractivity contribution in [3.63, 3.8) is 0 Å². The number of phenolic OH excluding ortho intramolecular Hbond substituents is 1. The maximum atomic E-state index is 11.1. The fourth-order valence-corrected chi connectivity index (χ4v) is 1.54. The molecule has 0 heterocycles. The highest BCUT2D eigenvalue weighted by Crippen LogP contribution is 2.24. The van der Waals surface area contributed by atoms with Gasteiger partial charge in [0.15, 0.2) is 0 Å². The van der Waals surface area contributed by atoms with Crippen molar-refractivity contribution in [1.29, 1.82) is 0 Å². The van der Waals surface area contributed by atoms with Crippen molar-refractivity contribution in [3.8, 4) is 5.75 Å². The van der Waals surface area contributed by atoms with Crippen LogP contribution in [0, 0.1) is 6.92 Å². The predicted octanol–water partition coefficient (Wildman–Crippen LogP) is 0.577. The quantitative estimate of drug-likeness (QED) is 0.691. The molecule has 0 atom stereocenters. The van der Waals surface area contributed by atoms with Gasteiger partial charge in [0.05, 0.1) is 5.69 Å². The first-order valence-corrected chi connectivity index (χ1v) is 5.44. The fourth-order valence-electron chi connectivity index (χ4n) is 0.930. The molecule has 0 spiro atoms. The molecule has 6 heteroatoms. The summed E-state index contributed by atoms with van der Waals surface area (Å²) in [7, 11) is -2.22. The van der Waals surface area contributed by atoms with Gasteiger partial charge in [-0.05, 0) is 19.1 Å². The van der Waals surface area contributed by atoms with E-state index < -0.39 is 10.2 Å². The van der Waals surface area contributed by atoms with Crippen molar-refractivity contribution in [3.05, 3.63) is 23.8 Å². The number of anilines is 1. The predicted molar refractivity (Wildman–Crippen MR) is 54.4 cm³/mol. The van der Waals surface area contributed by atoms with Gasteiger partial charge >= 0.3 is 0 Å². The first-order chi connectivity index (χ1) is 6.46. The number of phenols is 1. The number of hydrogen-bond acceptors (Lipinski definition) is 3. The van der Waals surface area contributed by atoms with Gasteiger partial charge in [0.25, 0.3) is 10.2 Å². The summed E-state index contributed by atoms with van der Waals surface area (Å²) in [6, 6.07) is 4.63. The fraction of sp³-hybridized carbons (Fsp3) is 0.250. The molecule has 78 valence electrons. The Morgan fingerprint density at radius 1 is 1.36 bits per heavy atom. The van der Waals surface area contributed by atoms with Crippen molar-refractivity contribution in [1.82, 2.24) is 4.72 Å². The van der Waals surface area contributed by atoms with Crippen LogP contribution in [0.15, 0.2) is 18.2 Å². The molecule has 0 saturated heterocycles. The molecule has 0 aliphatic carbocycles. The minimum atomic E-state index is -3.52. The maximum Gasteiger partial charge on any atom is 0.298 e. The highest BCUT2D eigenvalue weighted by molar-refractivity contribution is 7.90. The Hall–Kier alpha value is -1.27. The molecule has 1 aromatic rings. The second kappa shape index (κ2) is 3.85. The van der Waals surface area contributed by atoms with Gasteiger partial charge < -0.3 is 5.11 Å². The Labute approximate surface area is 83.0 Å². The lowest BCUT2D eigenvalue weighted by atomic mass is 10.2. The van der Waals surface area contributed by atoms with E-state index in [1.807, 2.05) is 0 Å². The van der Waals surface area contributed by atoms with Crippen molar-refractivity contribution in [2.45, 2.75) is 6.92 Å². The second-order valence-corrected chi connectivity index (χ2v) is 4.38. The third-order valence-electron chi connectivity index (χ3n) is 1.82. The standard InChI is InChI=1S/C8H12N2O3S/c1-6-7(4-3-5-8(6)11)10-14(12,13)9-2/h3-5,9-11H,1-2H3. The summed E-state index contributed by atoms with van der Waals surface area (Å²) >= 11 is 0. The first-order valence-electron chi connectivity index (χ1n) is 3.96. The van der Waals surface area contributed by atoms with E-state index in [-0.39, 0.29) is 5.75 Å². The molecule has 14 heavy (non-hydrogen) atoms. The molecule has 0 aliphatic rings. The second-order valence-electron chi connectivity index (χ2n) is 2.76. The first kappa shape index (κ1) is 10.8. The van der Waals surface area contributed by atoms with E-state index >= 15 is 0 Å². The highest BCUT2D eigenvalue weighted by Gasteiger charge is 2.09. The van der Waals surface area contributed by atoms with E-state index in [0.29, 0.717) is 11.3 Å². The van der Waals surface area contributed by atoms with Gasteiger partial charge in [-0.3, -0.25) is 4.72 Å². The third kappa shape index (κ3) is 2.36. The Balaban J connectivity index is 3.05. The Bertz CT molecular complexity index is 428. The van der Waals surface area contributed by atoms with E-state index in [1.165, 1.54) is 13.1 Å². The molecule has 3 N–H and O–H groups in total. The average Bonchev–Trinajstić information content (AvgIpc) is 2.13. The van der Waals surface area contributed by atoms with Gasteiger partial charge in [-0.1, -0.05) is 6.07 Å². The summed E-state index contributed by atoms with van der Waals surface area (Å²) in [5.41, 5.74) is 0.852. The van der Waals surface area contributed by atoms with E-state index in [9.17, 15) is 13.5 Å². The molecule has 1 rings (SSSR count). The van der Waals surface area contributed by atoms with Gasteiger partial charge in [-0.25, -0.2) is 4.72 Å². The normalized spacial score (nSPS) is 11.3. The van der Waals surface area contributed by atoms with Gasteiger partial charge in [-0.2, -0.15) is 8.42 Å². The maximum absolute atomic E-state index is 11.1. The molecule has 0 radical (unpaired) electrons. The molecule has 5 nitrogen and oxygen atoms in total. The molecule has 0 bridgehead atoms. The van der Waals surface area contributed by atoms with Gasteiger partial charge in [0.2, 0.25) is 0 Å². The van der Waals surface area contributed by atoms with Gasteiger partial charge in [0.1, 0.15) is 5.75 Å². The Kier molecular flexibility index (Phi) is 2.97. The summed E-state index contributed by atoms with van der Waals surface area (Å²) in [4.78, 5) is 0. The van der Waals surface area contributed by atoms with Crippen molar-refractivity contribution < 1.29 is 13.5 Å². The summed E-state index contributed by atoms with van der Waals surface area (Å²) in [6.45, 7) is 1.63. The summed E-state index contributed by atoms with van der Waals surface area (Å²) < 4.78 is 26.7. The van der Waals surface area contributed by atoms with Gasteiger partial charge in [0, 0.05) is 12.6 Å². The zero-order valence-corrected chi connectivity index (χ0v) is 8.72. The van der Waals surface area contributed by atoms with Crippen molar-refractivity contribution in [2.24, 2.45) is 0 Å². The van der Waals surface area contributed by atoms with Crippen LogP contribution in [0.4, 0.5) is 5.69 Å². The summed E-state index contributed by atoms with van der Waals surface area (Å²) in [6.07, 6.45) is 0. The lowest BCUT2D eigenvalue weighted by molar-refractivity contribution is 0.471. The minimum absolute atomic E-state index is 0.0568. The van der Waals surface area contributed by atoms with Crippen LogP contribution in [0.5, 0.6) is 5.75 Å². The van der Waals surface area contributed by atoms with Crippen LogP contribution < -0.4 is 9.44 Å². The average molecular weight is 216 g/mol. The molecule has 0 aromatic heterocycles. The molecule has 0 aliphatic heterocycles. The monoisotopic (exact) mass is 216 g/mol. The lowest BCUT2D eigenvalue weighted by Crippen LogP contribution is -2.26. The van der Waals surface area contributed by atoms with Crippen LogP contribution in [0.2, 0.25) is 0 Å². The SMILES string of the molecule is CNS(=O)(=O)Nc1cccc(O)c1C. The number of hydrogen-bond donors (Lipinski definition) is 3. The van der Waals surface area contributed by atoms with Crippen LogP contribution in [-0.2, 0) is 10.2 Å². The van der Waals surface area contributed by atoms with Crippen LogP contribution >= 0.6 is 0 Å². The molecule has 0 unspecified atom stereocenters. The smallest absolute Gasteiger partial charge is 0.298 e. The van der Waals surface area contributed by atoms with Crippen LogP contribution in [0.25, 0.3) is 0 Å². The summed E-state index contributed by atoms with van der Waals surface area (Å²) in [5.74, 6) is 0.0568. The molecule has 1 aromatic carbocycles. The number of rotatable bonds is 3. The van der Waals surface area contributed by atoms with Crippen molar-refractivity contribution in [2.75, 3.05) is 11.8 Å². The third-order valence-corrected chi connectivity index (χ3v) is 2.84. The largest absolute Gasteiger partial charge is 0.508 e. The number of aromatic hydroxyl groups is 1. The number of benzene rings is 1. The zero-order chi connectivity index (χ0) is 10.8. The number of nitrogens with one attached hydrogen (secondary N) is 2. The van der Waals surface area contributed by atoms with E-state index in [0.717, 1.165) is 0 Å². The highest BCUT2D eigenvalue weighted by atomic mass is 32.2. The van der Waals surface area contributed by atoms with Crippen LogP contribution in [0.1, 0.15) is 5.56 Å². The van der Waals surface area contributed by atoms with E-state index in [4.69, 9.17) is 0 Å². The lowest BCUT2D eigenvalue weighted by Gasteiger charge is -2.09. The Morgan fingerprint density at radius 3 is 2.57 bits per heavy atom. The summed E-state index contributed by atoms with van der Waals surface area (Å²) in [5, 5.41) is 9.31. The topological polar surface area (TPSA) is 78.4 Å².